The number of aromatic nitrogens is 3. The molecule has 134 valence electrons. The van der Waals surface area contributed by atoms with Gasteiger partial charge in [-0.15, -0.1) is 0 Å². The number of urea groups is 1. The molecule has 0 radical (unpaired) electrons. The van der Waals surface area contributed by atoms with E-state index in [1.54, 1.807) is 25.2 Å². The Hall–Kier alpha value is -2.77. The molecule has 0 saturated heterocycles. The number of methoxy groups -OCH3 is 2. The van der Waals surface area contributed by atoms with Gasteiger partial charge in [0.05, 0.1) is 14.2 Å². The summed E-state index contributed by atoms with van der Waals surface area (Å²) in [5.74, 6) is 1.42. The summed E-state index contributed by atoms with van der Waals surface area (Å²) in [6.07, 6.45) is 4.80. The number of nitrogens with zero attached hydrogens (tertiary/aromatic N) is 4. The zero-order valence-corrected chi connectivity index (χ0v) is 14.6. The van der Waals surface area contributed by atoms with Crippen molar-refractivity contribution in [2.45, 2.75) is 25.9 Å². The number of hydrogen-bond acceptors (Lipinski definition) is 5. The lowest BCUT2D eigenvalue weighted by molar-refractivity contribution is 0.192. The second kappa shape index (κ2) is 7.87. The van der Waals surface area contributed by atoms with Gasteiger partial charge in [0.2, 0.25) is 0 Å². The smallest absolute Gasteiger partial charge is 0.317 e. The third-order valence-electron chi connectivity index (χ3n) is 4.31. The van der Waals surface area contributed by atoms with Gasteiger partial charge in [-0.25, -0.2) is 9.78 Å². The monoisotopic (exact) mass is 345 g/mol. The predicted octanol–water partition coefficient (Wildman–Crippen LogP) is 1.45. The van der Waals surface area contributed by atoms with Crippen molar-refractivity contribution in [2.75, 3.05) is 27.3 Å². The van der Waals surface area contributed by atoms with E-state index in [2.05, 4.69) is 15.4 Å². The van der Waals surface area contributed by atoms with Gasteiger partial charge in [-0.1, -0.05) is 0 Å². The summed E-state index contributed by atoms with van der Waals surface area (Å²) in [4.78, 5) is 18.1. The maximum Gasteiger partial charge on any atom is 0.317 e. The van der Waals surface area contributed by atoms with Gasteiger partial charge in [0.25, 0.3) is 0 Å². The number of amides is 2. The third-order valence-corrected chi connectivity index (χ3v) is 4.31. The van der Waals surface area contributed by atoms with Crippen LogP contribution in [0.4, 0.5) is 4.79 Å². The van der Waals surface area contributed by atoms with Crippen LogP contribution in [0.5, 0.6) is 11.5 Å². The Morgan fingerprint density at radius 3 is 2.68 bits per heavy atom. The van der Waals surface area contributed by atoms with Crippen LogP contribution in [-0.2, 0) is 19.5 Å². The summed E-state index contributed by atoms with van der Waals surface area (Å²) in [5.41, 5.74) is 2.30. The Balaban J connectivity index is 1.53. The lowest BCUT2D eigenvalue weighted by Crippen LogP contribution is -2.43. The Kier molecular flexibility index (Phi) is 5.37. The standard InChI is InChI=1S/C17H23N5O3/c1-24-15-8-13-4-7-21(10-14(13)9-16(15)25-2)17(23)19-5-3-6-22-12-18-11-20-22/h8-9,11-12H,3-7,10H2,1-2H3,(H,19,23). The average Bonchev–Trinajstić information content (AvgIpc) is 3.16. The van der Waals surface area contributed by atoms with Crippen LogP contribution in [0.3, 0.4) is 0 Å². The quantitative estimate of drug-likeness (QED) is 0.802. The molecule has 0 spiro atoms. The molecule has 1 aromatic heterocycles. The fourth-order valence-corrected chi connectivity index (χ4v) is 2.95. The molecule has 2 aromatic rings. The van der Waals surface area contributed by atoms with E-state index in [9.17, 15) is 4.79 Å². The first-order chi connectivity index (χ1) is 12.2. The second-order valence-corrected chi connectivity index (χ2v) is 5.89. The molecule has 0 fully saturated rings. The van der Waals surface area contributed by atoms with Crippen molar-refractivity contribution in [3.8, 4) is 11.5 Å². The zero-order valence-electron chi connectivity index (χ0n) is 14.6. The van der Waals surface area contributed by atoms with Gasteiger partial charge >= 0.3 is 6.03 Å². The summed E-state index contributed by atoms with van der Waals surface area (Å²) < 4.78 is 12.5. The molecule has 0 atom stereocenters. The van der Waals surface area contributed by atoms with Crippen LogP contribution in [0, 0.1) is 0 Å². The van der Waals surface area contributed by atoms with Gasteiger partial charge in [0, 0.05) is 26.2 Å². The molecule has 0 unspecified atom stereocenters. The maximum atomic E-state index is 12.4. The van der Waals surface area contributed by atoms with Crippen LogP contribution < -0.4 is 14.8 Å². The van der Waals surface area contributed by atoms with Crippen molar-refractivity contribution >= 4 is 6.03 Å². The molecule has 8 nitrogen and oxygen atoms in total. The van der Waals surface area contributed by atoms with Crippen molar-refractivity contribution < 1.29 is 14.3 Å². The molecule has 25 heavy (non-hydrogen) atoms. The van der Waals surface area contributed by atoms with E-state index in [-0.39, 0.29) is 6.03 Å². The van der Waals surface area contributed by atoms with Crippen LogP contribution >= 0.6 is 0 Å². The van der Waals surface area contributed by atoms with E-state index < -0.39 is 0 Å². The van der Waals surface area contributed by atoms with Crippen LogP contribution in [0.1, 0.15) is 17.5 Å². The first-order valence-corrected chi connectivity index (χ1v) is 8.30. The van der Waals surface area contributed by atoms with Crippen molar-refractivity contribution in [1.82, 2.24) is 25.0 Å². The molecule has 0 bridgehead atoms. The zero-order chi connectivity index (χ0) is 17.6. The Morgan fingerprint density at radius 1 is 1.24 bits per heavy atom. The summed E-state index contributed by atoms with van der Waals surface area (Å²) in [6.45, 7) is 2.61. The Labute approximate surface area is 146 Å². The maximum absolute atomic E-state index is 12.4. The van der Waals surface area contributed by atoms with Crippen molar-refractivity contribution in [3.05, 3.63) is 35.9 Å². The molecule has 2 amide bonds. The number of benzene rings is 1. The summed E-state index contributed by atoms with van der Waals surface area (Å²) in [6, 6.07) is 3.92. The van der Waals surface area contributed by atoms with Crippen LogP contribution in [0.2, 0.25) is 0 Å². The van der Waals surface area contributed by atoms with Crippen LogP contribution in [0.25, 0.3) is 0 Å². The molecule has 0 saturated carbocycles. The molecular weight excluding hydrogens is 322 g/mol. The predicted molar refractivity (Wildman–Crippen MR) is 91.7 cm³/mol. The van der Waals surface area contributed by atoms with Crippen molar-refractivity contribution in [1.29, 1.82) is 0 Å². The lowest BCUT2D eigenvalue weighted by atomic mass is 9.99. The fourth-order valence-electron chi connectivity index (χ4n) is 2.95. The van der Waals surface area contributed by atoms with Gasteiger partial charge < -0.3 is 19.7 Å². The minimum Gasteiger partial charge on any atom is -0.493 e. The van der Waals surface area contributed by atoms with E-state index in [1.165, 1.54) is 11.9 Å². The second-order valence-electron chi connectivity index (χ2n) is 5.89. The molecule has 1 aliphatic heterocycles. The van der Waals surface area contributed by atoms with Gasteiger partial charge in [0.1, 0.15) is 12.7 Å². The number of rotatable bonds is 6. The average molecular weight is 345 g/mol. The largest absolute Gasteiger partial charge is 0.493 e. The van der Waals surface area contributed by atoms with E-state index in [0.717, 1.165) is 30.7 Å². The van der Waals surface area contributed by atoms with Crippen molar-refractivity contribution in [3.63, 3.8) is 0 Å². The Bertz CT molecular complexity index is 717. The summed E-state index contributed by atoms with van der Waals surface area (Å²) in [7, 11) is 3.25. The number of fused-ring (bicyclic) bond motifs is 1. The highest BCUT2D eigenvalue weighted by molar-refractivity contribution is 5.74. The number of ether oxygens (including phenoxy) is 2. The van der Waals surface area contributed by atoms with E-state index in [0.29, 0.717) is 25.4 Å². The molecule has 2 heterocycles. The summed E-state index contributed by atoms with van der Waals surface area (Å²) in [5, 5.41) is 7.00. The van der Waals surface area contributed by atoms with Crippen LogP contribution in [0.15, 0.2) is 24.8 Å². The van der Waals surface area contributed by atoms with Crippen LogP contribution in [-0.4, -0.2) is 53.0 Å². The SMILES string of the molecule is COc1cc2c(cc1OC)CN(C(=O)NCCCn1cncn1)CC2. The van der Waals surface area contributed by atoms with E-state index >= 15 is 0 Å². The van der Waals surface area contributed by atoms with Gasteiger partial charge in [-0.05, 0) is 36.1 Å². The highest BCUT2D eigenvalue weighted by Gasteiger charge is 2.22. The molecule has 1 N–H and O–H groups in total. The first kappa shape index (κ1) is 17.1. The molecule has 1 aromatic carbocycles. The number of nitrogens with one attached hydrogen (secondary N) is 1. The minimum atomic E-state index is -0.0426. The fraction of sp³-hybridized carbons (Fsp3) is 0.471. The van der Waals surface area contributed by atoms with Crippen molar-refractivity contribution in [2.24, 2.45) is 0 Å². The third kappa shape index (κ3) is 4.01. The topological polar surface area (TPSA) is 81.5 Å². The molecule has 1 aliphatic rings. The van der Waals surface area contributed by atoms with Gasteiger partial charge in [0.15, 0.2) is 11.5 Å². The highest BCUT2D eigenvalue weighted by atomic mass is 16.5. The highest BCUT2D eigenvalue weighted by Crippen LogP contribution is 2.33. The van der Waals surface area contributed by atoms with E-state index in [1.807, 2.05) is 17.0 Å². The van der Waals surface area contributed by atoms with E-state index in [4.69, 9.17) is 9.47 Å². The van der Waals surface area contributed by atoms with Gasteiger partial charge in [-0.2, -0.15) is 5.10 Å². The minimum absolute atomic E-state index is 0.0426. The number of hydrogen-bond donors (Lipinski definition) is 1. The Morgan fingerprint density at radius 2 is 2.00 bits per heavy atom. The lowest BCUT2D eigenvalue weighted by Gasteiger charge is -2.29. The van der Waals surface area contributed by atoms with Gasteiger partial charge in [-0.3, -0.25) is 4.68 Å². The first-order valence-electron chi connectivity index (χ1n) is 8.30. The number of carbonyl (C=O) groups is 1. The molecular formula is C17H23N5O3. The molecule has 3 rings (SSSR count). The number of aryl methyl sites for hydroxylation is 1. The number of carbonyl (C=O) groups excluding carboxylic acids is 1. The molecule has 8 heteroatoms. The summed E-state index contributed by atoms with van der Waals surface area (Å²) >= 11 is 0. The normalized spacial score (nSPS) is 13.3. The molecule has 0 aliphatic carbocycles.